The summed E-state index contributed by atoms with van der Waals surface area (Å²) in [6.07, 6.45) is 1.19. The first-order valence-electron chi connectivity index (χ1n) is 11.0. The first kappa shape index (κ1) is 20.6. The van der Waals surface area contributed by atoms with E-state index in [0.717, 1.165) is 12.8 Å². The summed E-state index contributed by atoms with van der Waals surface area (Å²) in [5.74, 6) is 1.06. The molecule has 158 valence electrons. The summed E-state index contributed by atoms with van der Waals surface area (Å²) in [6, 6.07) is 18.1. The predicted octanol–water partition coefficient (Wildman–Crippen LogP) is 5.39. The number of hydrogen-bond acceptors (Lipinski definition) is 4. The van der Waals surface area contributed by atoms with Crippen LogP contribution in [0.2, 0.25) is 0 Å². The van der Waals surface area contributed by atoms with Gasteiger partial charge in [0.1, 0.15) is 12.2 Å². The van der Waals surface area contributed by atoms with Gasteiger partial charge in [-0.2, -0.15) is 0 Å². The highest BCUT2D eigenvalue weighted by Crippen LogP contribution is 2.53. The molecule has 0 aromatic heterocycles. The number of benzene rings is 2. The zero-order valence-corrected chi connectivity index (χ0v) is 17.9. The molecule has 2 aromatic rings. The molecule has 3 aliphatic carbocycles. The second-order valence-electron chi connectivity index (χ2n) is 9.06. The Labute approximate surface area is 178 Å². The van der Waals surface area contributed by atoms with Crippen LogP contribution in [0.1, 0.15) is 54.3 Å². The van der Waals surface area contributed by atoms with Crippen LogP contribution in [0.15, 0.2) is 60.7 Å². The molecule has 3 aliphatic rings. The van der Waals surface area contributed by atoms with Crippen LogP contribution >= 0.6 is 0 Å². The van der Waals surface area contributed by atoms with Crippen molar-refractivity contribution in [3.05, 3.63) is 71.8 Å². The summed E-state index contributed by atoms with van der Waals surface area (Å²) in [6.45, 7) is 6.74. The minimum Gasteiger partial charge on any atom is -0.455 e. The van der Waals surface area contributed by atoms with E-state index in [4.69, 9.17) is 9.47 Å². The third kappa shape index (κ3) is 3.88. The van der Waals surface area contributed by atoms with Gasteiger partial charge in [-0.15, -0.1) is 0 Å². The lowest BCUT2D eigenvalue weighted by atomic mass is 9.54. The molecule has 3 fully saturated rings. The largest absolute Gasteiger partial charge is 0.455 e. The van der Waals surface area contributed by atoms with Gasteiger partial charge in [0.15, 0.2) is 0 Å². The molecule has 3 saturated carbocycles. The maximum absolute atomic E-state index is 12.9. The van der Waals surface area contributed by atoms with Crippen LogP contribution in [0.25, 0.3) is 0 Å². The maximum atomic E-state index is 12.9. The van der Waals surface area contributed by atoms with Crippen molar-refractivity contribution < 1.29 is 19.1 Å². The monoisotopic (exact) mass is 406 g/mol. The van der Waals surface area contributed by atoms with Crippen LogP contribution in [0.5, 0.6) is 0 Å². The summed E-state index contributed by atoms with van der Waals surface area (Å²) in [5.41, 5.74) is 1.06. The van der Waals surface area contributed by atoms with Gasteiger partial charge in [-0.25, -0.2) is 9.59 Å². The molecular formula is C26H30O4. The van der Waals surface area contributed by atoms with Crippen LogP contribution in [-0.4, -0.2) is 24.1 Å². The molecule has 5 rings (SSSR count). The SMILES string of the molecule is CC(C)C1C(C)C2CCC1C(OC(=O)c1ccccc1)C2OC(=O)c1ccccc1. The molecule has 0 amide bonds. The van der Waals surface area contributed by atoms with Crippen molar-refractivity contribution in [1.29, 1.82) is 0 Å². The van der Waals surface area contributed by atoms with Crippen molar-refractivity contribution in [1.82, 2.24) is 0 Å². The minimum absolute atomic E-state index is 0.198. The molecule has 0 aliphatic heterocycles. The Morgan fingerprint density at radius 1 is 0.767 bits per heavy atom. The van der Waals surface area contributed by atoms with E-state index in [-0.39, 0.29) is 23.8 Å². The van der Waals surface area contributed by atoms with Crippen LogP contribution in [0.3, 0.4) is 0 Å². The highest BCUT2D eigenvalue weighted by molar-refractivity contribution is 5.90. The molecule has 30 heavy (non-hydrogen) atoms. The van der Waals surface area contributed by atoms with Gasteiger partial charge < -0.3 is 9.47 Å². The third-order valence-corrected chi connectivity index (χ3v) is 7.05. The number of fused-ring (bicyclic) bond motifs is 3. The quantitative estimate of drug-likeness (QED) is 0.625. The van der Waals surface area contributed by atoms with Crippen molar-refractivity contribution in [3.63, 3.8) is 0 Å². The normalized spacial score (nSPS) is 30.1. The fraction of sp³-hybridized carbons (Fsp3) is 0.462. The summed E-state index contributed by atoms with van der Waals surface area (Å²) in [7, 11) is 0. The smallest absolute Gasteiger partial charge is 0.338 e. The van der Waals surface area contributed by atoms with Gasteiger partial charge >= 0.3 is 11.9 Å². The number of esters is 2. The number of rotatable bonds is 5. The van der Waals surface area contributed by atoms with E-state index in [1.165, 1.54) is 0 Å². The van der Waals surface area contributed by atoms with Gasteiger partial charge in [-0.3, -0.25) is 0 Å². The molecule has 4 nitrogen and oxygen atoms in total. The van der Waals surface area contributed by atoms with Crippen LogP contribution < -0.4 is 0 Å². The van der Waals surface area contributed by atoms with Gasteiger partial charge in [0, 0.05) is 11.8 Å². The van der Waals surface area contributed by atoms with Crippen LogP contribution in [0, 0.1) is 29.6 Å². The molecule has 2 aromatic carbocycles. The number of carbonyl (C=O) groups is 2. The molecular weight excluding hydrogens is 376 g/mol. The molecule has 0 spiro atoms. The maximum Gasteiger partial charge on any atom is 0.338 e. The summed E-state index contributed by atoms with van der Waals surface area (Å²) in [5, 5.41) is 0. The van der Waals surface area contributed by atoms with Crippen molar-refractivity contribution in [2.24, 2.45) is 29.6 Å². The van der Waals surface area contributed by atoms with Gasteiger partial charge in [-0.05, 0) is 54.9 Å². The highest BCUT2D eigenvalue weighted by atomic mass is 16.6. The zero-order chi connectivity index (χ0) is 21.3. The Morgan fingerprint density at radius 3 is 1.67 bits per heavy atom. The average Bonchev–Trinajstić information content (AvgIpc) is 2.76. The fourth-order valence-electron chi connectivity index (χ4n) is 5.79. The third-order valence-electron chi connectivity index (χ3n) is 7.05. The van der Waals surface area contributed by atoms with E-state index in [2.05, 4.69) is 20.8 Å². The standard InChI is InChI=1S/C26H30O4/c1-16(2)22-17(3)20-14-15-21(22)24(30-26(28)19-12-8-5-9-13-19)23(20)29-25(27)18-10-6-4-7-11-18/h4-13,16-17,20-24H,14-15H2,1-3H3. The van der Waals surface area contributed by atoms with Crippen molar-refractivity contribution in [2.45, 2.75) is 45.8 Å². The van der Waals surface area contributed by atoms with Crippen molar-refractivity contribution >= 4 is 11.9 Å². The summed E-state index contributed by atoms with van der Waals surface area (Å²) in [4.78, 5) is 25.7. The fourth-order valence-corrected chi connectivity index (χ4v) is 5.79. The Balaban J connectivity index is 1.61. The molecule has 6 unspecified atom stereocenters. The lowest BCUT2D eigenvalue weighted by Crippen LogP contribution is -2.59. The van der Waals surface area contributed by atoms with Crippen molar-refractivity contribution in [2.75, 3.05) is 0 Å². The molecule has 0 radical (unpaired) electrons. The minimum atomic E-state index is -0.410. The number of ether oxygens (including phenoxy) is 2. The van der Waals surface area contributed by atoms with E-state index >= 15 is 0 Å². The zero-order valence-electron chi connectivity index (χ0n) is 17.9. The summed E-state index contributed by atoms with van der Waals surface area (Å²) >= 11 is 0. The van der Waals surface area contributed by atoms with Crippen LogP contribution in [0.4, 0.5) is 0 Å². The molecule has 6 atom stereocenters. The van der Waals surface area contributed by atoms with Gasteiger partial charge in [0.2, 0.25) is 0 Å². The van der Waals surface area contributed by atoms with Gasteiger partial charge in [0.25, 0.3) is 0 Å². The molecule has 2 bridgehead atoms. The van der Waals surface area contributed by atoms with Gasteiger partial charge in [0.05, 0.1) is 11.1 Å². The topological polar surface area (TPSA) is 52.6 Å². The van der Waals surface area contributed by atoms with E-state index in [9.17, 15) is 9.59 Å². The average molecular weight is 407 g/mol. The molecule has 0 N–H and O–H groups in total. The van der Waals surface area contributed by atoms with E-state index in [0.29, 0.717) is 28.9 Å². The molecule has 0 saturated heterocycles. The Bertz CT molecular complexity index is 876. The van der Waals surface area contributed by atoms with E-state index in [1.807, 2.05) is 36.4 Å². The second kappa shape index (κ2) is 8.63. The Kier molecular flexibility index (Phi) is 5.94. The van der Waals surface area contributed by atoms with Crippen LogP contribution in [-0.2, 0) is 9.47 Å². The Hall–Kier alpha value is -2.62. The van der Waals surface area contributed by atoms with E-state index in [1.54, 1.807) is 24.3 Å². The summed E-state index contributed by atoms with van der Waals surface area (Å²) < 4.78 is 12.1. The van der Waals surface area contributed by atoms with Crippen molar-refractivity contribution in [3.8, 4) is 0 Å². The lowest BCUT2D eigenvalue weighted by Gasteiger charge is -2.55. The Morgan fingerprint density at radius 2 is 1.20 bits per heavy atom. The first-order chi connectivity index (χ1) is 14.5. The van der Waals surface area contributed by atoms with E-state index < -0.39 is 12.2 Å². The molecule has 4 heteroatoms. The highest BCUT2D eigenvalue weighted by Gasteiger charge is 2.56. The molecule has 0 heterocycles. The number of hydrogen-bond donors (Lipinski definition) is 0. The second-order valence-corrected chi connectivity index (χ2v) is 9.06. The number of carbonyl (C=O) groups excluding carboxylic acids is 2. The first-order valence-corrected chi connectivity index (χ1v) is 11.0. The van der Waals surface area contributed by atoms with Gasteiger partial charge in [-0.1, -0.05) is 57.2 Å². The lowest BCUT2D eigenvalue weighted by molar-refractivity contribution is -0.170. The predicted molar refractivity (Wildman–Crippen MR) is 115 cm³/mol.